The molecule has 0 radical (unpaired) electrons. The van der Waals surface area contributed by atoms with Crippen LogP contribution in [0.25, 0.3) is 0 Å². The summed E-state index contributed by atoms with van der Waals surface area (Å²) in [5.74, 6) is 3.16. The SMILES string of the molecule is S=c1[nH]nc(CSCCCOc2ccc(Cl)cc2)o1. The average molecular weight is 317 g/mol. The molecule has 0 aliphatic heterocycles. The van der Waals surface area contributed by atoms with Crippen molar-refractivity contribution in [3.8, 4) is 5.75 Å². The molecule has 4 nitrogen and oxygen atoms in total. The van der Waals surface area contributed by atoms with Crippen LogP contribution in [-0.4, -0.2) is 22.6 Å². The van der Waals surface area contributed by atoms with E-state index in [1.54, 1.807) is 11.8 Å². The molecule has 0 spiro atoms. The summed E-state index contributed by atoms with van der Waals surface area (Å²) in [6, 6.07) is 7.36. The number of aromatic nitrogens is 2. The Kier molecular flexibility index (Phi) is 5.75. The topological polar surface area (TPSA) is 51.0 Å². The Morgan fingerprint density at radius 2 is 2.16 bits per heavy atom. The Morgan fingerprint density at radius 1 is 1.37 bits per heavy atom. The minimum absolute atomic E-state index is 0.321. The number of nitrogens with zero attached hydrogens (tertiary/aromatic N) is 1. The first-order valence-corrected chi connectivity index (χ1v) is 7.68. The average Bonchev–Trinajstić information content (AvgIpc) is 2.81. The highest BCUT2D eigenvalue weighted by Gasteiger charge is 2.00. The number of aromatic amines is 1. The van der Waals surface area contributed by atoms with Crippen LogP contribution in [0.3, 0.4) is 0 Å². The van der Waals surface area contributed by atoms with Gasteiger partial charge in [0.15, 0.2) is 0 Å². The maximum absolute atomic E-state index is 5.79. The lowest BCUT2D eigenvalue weighted by Crippen LogP contribution is -1.98. The number of rotatable bonds is 7. The van der Waals surface area contributed by atoms with Crippen molar-refractivity contribution in [3.63, 3.8) is 0 Å². The molecule has 0 fully saturated rings. The van der Waals surface area contributed by atoms with Crippen LogP contribution in [0.15, 0.2) is 28.7 Å². The highest BCUT2D eigenvalue weighted by molar-refractivity contribution is 7.98. The van der Waals surface area contributed by atoms with E-state index in [1.807, 2.05) is 24.3 Å². The summed E-state index contributed by atoms with van der Waals surface area (Å²) in [5, 5.41) is 7.24. The molecule has 0 amide bonds. The van der Waals surface area contributed by atoms with E-state index in [0.29, 0.717) is 28.1 Å². The third kappa shape index (κ3) is 5.26. The van der Waals surface area contributed by atoms with Gasteiger partial charge in [-0.2, -0.15) is 11.8 Å². The molecule has 2 aromatic rings. The van der Waals surface area contributed by atoms with Crippen molar-refractivity contribution in [2.45, 2.75) is 12.2 Å². The normalized spacial score (nSPS) is 10.6. The monoisotopic (exact) mass is 316 g/mol. The second-order valence-electron chi connectivity index (χ2n) is 3.72. The van der Waals surface area contributed by atoms with Crippen LogP contribution < -0.4 is 4.74 Å². The highest BCUT2D eigenvalue weighted by atomic mass is 35.5. The Morgan fingerprint density at radius 3 is 2.84 bits per heavy atom. The van der Waals surface area contributed by atoms with Crippen LogP contribution in [0.5, 0.6) is 5.75 Å². The first-order valence-electron chi connectivity index (χ1n) is 5.74. The van der Waals surface area contributed by atoms with Gasteiger partial charge >= 0.3 is 0 Å². The Bertz CT molecular complexity index is 553. The zero-order valence-electron chi connectivity index (χ0n) is 10.1. The molecular weight excluding hydrogens is 304 g/mol. The Balaban J connectivity index is 1.57. The van der Waals surface area contributed by atoms with Crippen molar-refractivity contribution in [3.05, 3.63) is 40.0 Å². The second kappa shape index (κ2) is 7.57. The van der Waals surface area contributed by atoms with Crippen LogP contribution in [-0.2, 0) is 5.75 Å². The molecule has 1 aromatic carbocycles. The lowest BCUT2D eigenvalue weighted by atomic mass is 10.3. The van der Waals surface area contributed by atoms with Crippen LogP contribution in [0, 0.1) is 4.84 Å². The number of ether oxygens (including phenoxy) is 1. The first-order chi connectivity index (χ1) is 9.24. The summed E-state index contributed by atoms with van der Waals surface area (Å²) in [5.41, 5.74) is 0. The highest BCUT2D eigenvalue weighted by Crippen LogP contribution is 2.16. The molecule has 102 valence electrons. The van der Waals surface area contributed by atoms with Crippen molar-refractivity contribution < 1.29 is 9.15 Å². The zero-order valence-corrected chi connectivity index (χ0v) is 12.5. The molecule has 0 unspecified atom stereocenters. The summed E-state index contributed by atoms with van der Waals surface area (Å²) in [6.07, 6.45) is 0.957. The summed E-state index contributed by atoms with van der Waals surface area (Å²) in [4.78, 5) is 0.321. The van der Waals surface area contributed by atoms with Gasteiger partial charge in [-0.1, -0.05) is 11.6 Å². The number of benzene rings is 1. The van der Waals surface area contributed by atoms with Gasteiger partial charge in [0.2, 0.25) is 5.89 Å². The van der Waals surface area contributed by atoms with Gasteiger partial charge in [-0.25, -0.2) is 5.10 Å². The standard InChI is InChI=1S/C12H13ClN2O2S2/c13-9-2-4-10(5-3-9)16-6-1-7-19-8-11-14-15-12(18)17-11/h2-5H,1,6-8H2,(H,15,18). The molecule has 0 aliphatic rings. The third-order valence-electron chi connectivity index (χ3n) is 2.22. The van der Waals surface area contributed by atoms with E-state index >= 15 is 0 Å². The van der Waals surface area contributed by atoms with Gasteiger partial charge in [0, 0.05) is 5.02 Å². The smallest absolute Gasteiger partial charge is 0.284 e. The molecule has 1 N–H and O–H groups in total. The molecule has 0 aliphatic carbocycles. The molecule has 1 heterocycles. The van der Waals surface area contributed by atoms with Crippen molar-refractivity contribution >= 4 is 35.6 Å². The minimum atomic E-state index is 0.321. The quantitative estimate of drug-likeness (QED) is 0.616. The molecule has 0 saturated heterocycles. The molecule has 0 saturated carbocycles. The van der Waals surface area contributed by atoms with Crippen molar-refractivity contribution in [1.82, 2.24) is 10.2 Å². The number of halogens is 1. The van der Waals surface area contributed by atoms with E-state index in [2.05, 4.69) is 10.2 Å². The van der Waals surface area contributed by atoms with E-state index in [1.165, 1.54) is 0 Å². The van der Waals surface area contributed by atoms with Crippen LogP contribution in [0.4, 0.5) is 0 Å². The third-order valence-corrected chi connectivity index (χ3v) is 3.68. The van der Waals surface area contributed by atoms with Gasteiger partial charge in [0.25, 0.3) is 4.84 Å². The number of thioether (sulfide) groups is 1. The van der Waals surface area contributed by atoms with Crippen molar-refractivity contribution in [1.29, 1.82) is 0 Å². The number of hydrogen-bond donors (Lipinski definition) is 1. The lowest BCUT2D eigenvalue weighted by molar-refractivity contribution is 0.318. The van der Waals surface area contributed by atoms with Crippen molar-refractivity contribution in [2.24, 2.45) is 0 Å². The van der Waals surface area contributed by atoms with E-state index < -0.39 is 0 Å². The van der Waals surface area contributed by atoms with E-state index in [0.717, 1.165) is 17.9 Å². The Labute approximate surface area is 125 Å². The minimum Gasteiger partial charge on any atom is -0.494 e. The van der Waals surface area contributed by atoms with Gasteiger partial charge in [-0.05, 0) is 48.7 Å². The molecule has 19 heavy (non-hydrogen) atoms. The lowest BCUT2D eigenvalue weighted by Gasteiger charge is -2.05. The number of H-pyrrole nitrogens is 1. The van der Waals surface area contributed by atoms with E-state index in [9.17, 15) is 0 Å². The summed E-state index contributed by atoms with van der Waals surface area (Å²) >= 11 is 12.3. The first kappa shape index (κ1) is 14.4. The maximum atomic E-state index is 5.79. The van der Waals surface area contributed by atoms with E-state index in [-0.39, 0.29) is 0 Å². The fourth-order valence-corrected chi connectivity index (χ4v) is 2.40. The molecular formula is C12H13ClN2O2S2. The van der Waals surface area contributed by atoms with Gasteiger partial charge in [0.05, 0.1) is 12.4 Å². The van der Waals surface area contributed by atoms with E-state index in [4.69, 9.17) is 33.0 Å². The summed E-state index contributed by atoms with van der Waals surface area (Å²) in [7, 11) is 0. The van der Waals surface area contributed by atoms with Crippen LogP contribution >= 0.6 is 35.6 Å². The predicted octanol–water partition coefficient (Wildman–Crippen LogP) is 4.09. The van der Waals surface area contributed by atoms with Gasteiger partial charge < -0.3 is 9.15 Å². The zero-order chi connectivity index (χ0) is 13.5. The fourth-order valence-electron chi connectivity index (χ4n) is 1.36. The van der Waals surface area contributed by atoms with Gasteiger partial charge in [-0.3, -0.25) is 0 Å². The molecule has 1 aromatic heterocycles. The predicted molar refractivity (Wildman–Crippen MR) is 79.4 cm³/mol. The molecule has 0 atom stereocenters. The number of hydrogen-bond acceptors (Lipinski definition) is 5. The van der Waals surface area contributed by atoms with Gasteiger partial charge in [-0.15, -0.1) is 5.10 Å². The van der Waals surface area contributed by atoms with Gasteiger partial charge in [0.1, 0.15) is 5.75 Å². The summed E-state index contributed by atoms with van der Waals surface area (Å²) < 4.78 is 10.7. The second-order valence-corrected chi connectivity index (χ2v) is 5.63. The largest absolute Gasteiger partial charge is 0.494 e. The van der Waals surface area contributed by atoms with Crippen LogP contribution in [0.1, 0.15) is 12.3 Å². The van der Waals surface area contributed by atoms with Crippen LogP contribution in [0.2, 0.25) is 5.02 Å². The Hall–Kier alpha value is -0.980. The molecule has 7 heteroatoms. The maximum Gasteiger partial charge on any atom is 0.284 e. The molecule has 0 bridgehead atoms. The fraction of sp³-hybridized carbons (Fsp3) is 0.333. The number of nitrogens with one attached hydrogen (secondary N) is 1. The molecule has 2 rings (SSSR count). The summed E-state index contributed by atoms with van der Waals surface area (Å²) in [6.45, 7) is 0.679. The van der Waals surface area contributed by atoms with Crippen molar-refractivity contribution in [2.75, 3.05) is 12.4 Å².